The Morgan fingerprint density at radius 1 is 0.889 bits per heavy atom. The Bertz CT molecular complexity index is 226. The molecule has 18 heavy (non-hydrogen) atoms. The van der Waals surface area contributed by atoms with Gasteiger partial charge in [0.05, 0.1) is 12.7 Å². The number of rotatable bonds is 5. The number of hydrogen-bond acceptors (Lipinski definition) is 3. The minimum Gasteiger partial charge on any atom is -0.395 e. The van der Waals surface area contributed by atoms with E-state index in [2.05, 4.69) is 4.90 Å². The van der Waals surface area contributed by atoms with E-state index in [1.165, 1.54) is 44.9 Å². The van der Waals surface area contributed by atoms with E-state index in [1.807, 2.05) is 0 Å². The summed E-state index contributed by atoms with van der Waals surface area (Å²) in [5.74, 6) is 0.437. The highest BCUT2D eigenvalue weighted by Gasteiger charge is 2.28. The van der Waals surface area contributed by atoms with Crippen LogP contribution < -0.4 is 0 Å². The Balaban J connectivity index is 1.87. The van der Waals surface area contributed by atoms with E-state index >= 15 is 0 Å². The smallest absolute Gasteiger partial charge is 0.0580 e. The molecular formula is C15H29NO2. The standard InChI is InChI=1S/C15H29NO2/c17-11-10-16(14-7-2-1-3-8-14)12-13-6-4-5-9-15(13)18/h13-15,17-18H,1-12H2. The van der Waals surface area contributed by atoms with E-state index in [4.69, 9.17) is 0 Å². The minimum absolute atomic E-state index is 0.108. The molecule has 0 saturated heterocycles. The van der Waals surface area contributed by atoms with Crippen molar-refractivity contribution in [3.05, 3.63) is 0 Å². The highest BCUT2D eigenvalue weighted by atomic mass is 16.3. The summed E-state index contributed by atoms with van der Waals surface area (Å²) in [4.78, 5) is 2.46. The van der Waals surface area contributed by atoms with Crippen LogP contribution in [0.25, 0.3) is 0 Å². The third kappa shape index (κ3) is 3.94. The lowest BCUT2D eigenvalue weighted by atomic mass is 9.85. The molecule has 3 heteroatoms. The van der Waals surface area contributed by atoms with Gasteiger partial charge >= 0.3 is 0 Å². The highest BCUT2D eigenvalue weighted by molar-refractivity contribution is 4.82. The number of nitrogens with zero attached hydrogens (tertiary/aromatic N) is 1. The molecule has 2 fully saturated rings. The van der Waals surface area contributed by atoms with Crippen LogP contribution in [-0.2, 0) is 0 Å². The predicted molar refractivity (Wildman–Crippen MR) is 73.5 cm³/mol. The molecule has 2 aliphatic rings. The summed E-state index contributed by atoms with van der Waals surface area (Å²) < 4.78 is 0. The molecule has 0 spiro atoms. The first-order valence-electron chi connectivity index (χ1n) is 7.84. The second-order valence-corrected chi connectivity index (χ2v) is 6.12. The summed E-state index contributed by atoms with van der Waals surface area (Å²) in [5, 5.41) is 19.4. The first-order chi connectivity index (χ1) is 8.81. The van der Waals surface area contributed by atoms with Gasteiger partial charge in [-0.1, -0.05) is 32.1 Å². The molecule has 0 bridgehead atoms. The largest absolute Gasteiger partial charge is 0.395 e. The normalized spacial score (nSPS) is 30.8. The third-order valence-corrected chi connectivity index (χ3v) is 4.82. The molecule has 0 heterocycles. The first kappa shape index (κ1) is 14.3. The SMILES string of the molecule is OCCN(CC1CCCCC1O)C1CCCCC1. The number of aliphatic hydroxyl groups excluding tert-OH is 2. The fraction of sp³-hybridized carbons (Fsp3) is 1.00. The molecule has 0 aromatic heterocycles. The van der Waals surface area contributed by atoms with Gasteiger partial charge < -0.3 is 10.2 Å². The third-order valence-electron chi connectivity index (χ3n) is 4.82. The molecule has 3 nitrogen and oxygen atoms in total. The van der Waals surface area contributed by atoms with Crippen LogP contribution in [0, 0.1) is 5.92 Å². The summed E-state index contributed by atoms with van der Waals surface area (Å²) in [5.41, 5.74) is 0. The molecular weight excluding hydrogens is 226 g/mol. The maximum atomic E-state index is 10.1. The van der Waals surface area contributed by atoms with Crippen LogP contribution in [0.15, 0.2) is 0 Å². The first-order valence-corrected chi connectivity index (χ1v) is 7.84. The van der Waals surface area contributed by atoms with E-state index in [-0.39, 0.29) is 12.7 Å². The van der Waals surface area contributed by atoms with Crippen LogP contribution >= 0.6 is 0 Å². The fourth-order valence-electron chi connectivity index (χ4n) is 3.70. The Labute approximate surface area is 111 Å². The summed E-state index contributed by atoms with van der Waals surface area (Å²) in [6.45, 7) is 2.03. The summed E-state index contributed by atoms with van der Waals surface area (Å²) in [6, 6.07) is 0.653. The Morgan fingerprint density at radius 2 is 1.56 bits per heavy atom. The van der Waals surface area contributed by atoms with Gasteiger partial charge in [0.1, 0.15) is 0 Å². The number of aliphatic hydroxyl groups is 2. The van der Waals surface area contributed by atoms with Crippen molar-refractivity contribution in [1.82, 2.24) is 4.90 Å². The molecule has 0 aliphatic heterocycles. The molecule has 106 valence electrons. The molecule has 2 aliphatic carbocycles. The maximum Gasteiger partial charge on any atom is 0.0580 e. The van der Waals surface area contributed by atoms with Gasteiger partial charge in [0.2, 0.25) is 0 Å². The average Bonchev–Trinajstić information content (AvgIpc) is 2.42. The van der Waals surface area contributed by atoms with Crippen LogP contribution in [0.1, 0.15) is 57.8 Å². The van der Waals surface area contributed by atoms with E-state index in [0.717, 1.165) is 25.9 Å². The summed E-state index contributed by atoms with van der Waals surface area (Å²) >= 11 is 0. The molecule has 0 aromatic carbocycles. The van der Waals surface area contributed by atoms with Gasteiger partial charge in [-0.25, -0.2) is 0 Å². The van der Waals surface area contributed by atoms with E-state index < -0.39 is 0 Å². The van der Waals surface area contributed by atoms with Crippen molar-refractivity contribution in [3.8, 4) is 0 Å². The molecule has 2 unspecified atom stereocenters. The Kier molecular flexibility index (Phi) is 5.93. The molecule has 2 saturated carbocycles. The van der Waals surface area contributed by atoms with Gasteiger partial charge in [-0.05, 0) is 31.6 Å². The van der Waals surface area contributed by atoms with Gasteiger partial charge in [0.15, 0.2) is 0 Å². The van der Waals surface area contributed by atoms with Crippen LogP contribution in [0.5, 0.6) is 0 Å². The van der Waals surface area contributed by atoms with Gasteiger partial charge in [-0.2, -0.15) is 0 Å². The fourth-order valence-corrected chi connectivity index (χ4v) is 3.70. The van der Waals surface area contributed by atoms with Crippen LogP contribution in [0.2, 0.25) is 0 Å². The van der Waals surface area contributed by atoms with Crippen LogP contribution in [-0.4, -0.2) is 47.0 Å². The second kappa shape index (κ2) is 7.46. The summed E-state index contributed by atoms with van der Waals surface area (Å²) in [6.07, 6.45) is 11.1. The molecule has 0 amide bonds. The zero-order chi connectivity index (χ0) is 12.8. The lowest BCUT2D eigenvalue weighted by Crippen LogP contribution is -2.44. The van der Waals surface area contributed by atoms with Crippen LogP contribution in [0.4, 0.5) is 0 Å². The van der Waals surface area contributed by atoms with Crippen molar-refractivity contribution < 1.29 is 10.2 Å². The monoisotopic (exact) mass is 255 g/mol. The quantitative estimate of drug-likeness (QED) is 0.791. The predicted octanol–water partition coefficient (Wildman–Crippen LogP) is 2.16. The lowest BCUT2D eigenvalue weighted by Gasteiger charge is -2.38. The van der Waals surface area contributed by atoms with E-state index in [0.29, 0.717) is 12.0 Å². The van der Waals surface area contributed by atoms with Crippen molar-refractivity contribution in [2.45, 2.75) is 69.9 Å². The van der Waals surface area contributed by atoms with Gasteiger partial charge in [-0.15, -0.1) is 0 Å². The molecule has 2 rings (SSSR count). The summed E-state index contributed by atoms with van der Waals surface area (Å²) in [7, 11) is 0. The van der Waals surface area contributed by atoms with Crippen molar-refractivity contribution in [2.24, 2.45) is 5.92 Å². The minimum atomic E-state index is -0.108. The van der Waals surface area contributed by atoms with E-state index in [1.54, 1.807) is 0 Å². The Hall–Kier alpha value is -0.120. The van der Waals surface area contributed by atoms with Gasteiger partial charge in [-0.3, -0.25) is 4.90 Å². The highest BCUT2D eigenvalue weighted by Crippen LogP contribution is 2.28. The van der Waals surface area contributed by atoms with Crippen molar-refractivity contribution in [1.29, 1.82) is 0 Å². The average molecular weight is 255 g/mol. The molecule has 2 N–H and O–H groups in total. The lowest BCUT2D eigenvalue weighted by molar-refractivity contribution is 0.0250. The van der Waals surface area contributed by atoms with Crippen molar-refractivity contribution >= 4 is 0 Å². The topological polar surface area (TPSA) is 43.7 Å². The number of hydrogen-bond donors (Lipinski definition) is 2. The second-order valence-electron chi connectivity index (χ2n) is 6.12. The molecule has 0 radical (unpaired) electrons. The van der Waals surface area contributed by atoms with Gasteiger partial charge in [0.25, 0.3) is 0 Å². The zero-order valence-electron chi connectivity index (χ0n) is 11.6. The Morgan fingerprint density at radius 3 is 2.22 bits per heavy atom. The maximum absolute atomic E-state index is 10.1. The van der Waals surface area contributed by atoms with E-state index in [9.17, 15) is 10.2 Å². The molecule has 0 aromatic rings. The zero-order valence-corrected chi connectivity index (χ0v) is 11.6. The van der Waals surface area contributed by atoms with Crippen molar-refractivity contribution in [2.75, 3.05) is 19.7 Å². The van der Waals surface area contributed by atoms with Crippen LogP contribution in [0.3, 0.4) is 0 Å². The van der Waals surface area contributed by atoms with Gasteiger partial charge in [0, 0.05) is 19.1 Å². The van der Waals surface area contributed by atoms with Crippen molar-refractivity contribution in [3.63, 3.8) is 0 Å². The molecule has 2 atom stereocenters.